The first kappa shape index (κ1) is 79.7. The van der Waals surface area contributed by atoms with Gasteiger partial charge in [0, 0.05) is 19.3 Å². The van der Waals surface area contributed by atoms with E-state index in [4.69, 9.17) is 32.3 Å². The van der Waals surface area contributed by atoms with Crippen LogP contribution < -0.4 is 0 Å². The summed E-state index contributed by atoms with van der Waals surface area (Å²) >= 11 is 0. The van der Waals surface area contributed by atoms with Gasteiger partial charge in [-0.2, -0.15) is 0 Å². The Labute approximate surface area is 502 Å². The van der Waals surface area contributed by atoms with Crippen LogP contribution in [0.4, 0.5) is 0 Å². The summed E-state index contributed by atoms with van der Waals surface area (Å²) in [7, 11) is -9.77. The highest BCUT2D eigenvalue weighted by atomic mass is 31.2. The molecule has 0 aromatic carbocycles. The van der Waals surface area contributed by atoms with Crippen LogP contribution in [0, 0.1) is 0 Å². The van der Waals surface area contributed by atoms with Crippen LogP contribution >= 0.6 is 15.6 Å². The zero-order chi connectivity index (χ0) is 61.0. The van der Waals surface area contributed by atoms with Crippen LogP contribution in [0.1, 0.15) is 252 Å². The third-order valence-electron chi connectivity index (χ3n) is 13.1. The van der Waals surface area contributed by atoms with Gasteiger partial charge >= 0.3 is 33.6 Å². The first-order valence-corrected chi connectivity index (χ1v) is 34.9. The molecule has 0 amide bonds. The minimum atomic E-state index is -4.92. The van der Waals surface area contributed by atoms with Crippen molar-refractivity contribution in [2.45, 2.75) is 270 Å². The summed E-state index contributed by atoms with van der Waals surface area (Å²) in [5.74, 6) is -1.62. The molecule has 0 aliphatic heterocycles. The van der Waals surface area contributed by atoms with Crippen molar-refractivity contribution in [3.05, 3.63) is 85.1 Å². The molecule has 4 N–H and O–H groups in total. The van der Waals surface area contributed by atoms with Crippen molar-refractivity contribution >= 4 is 33.6 Å². The molecule has 480 valence electrons. The van der Waals surface area contributed by atoms with E-state index in [9.17, 15) is 43.5 Å². The fraction of sp³-hybridized carbons (Fsp3) is 0.738. The topological polar surface area (TPSA) is 231 Å². The monoisotopic (exact) mass is 1210 g/mol. The van der Waals surface area contributed by atoms with Gasteiger partial charge in [0.2, 0.25) is 0 Å². The lowest BCUT2D eigenvalue weighted by Crippen LogP contribution is -2.30. The van der Waals surface area contributed by atoms with E-state index in [1.54, 1.807) is 0 Å². The standard InChI is InChI=1S/C65H114O16P2/c1-4-7-10-13-16-19-22-24-26-27-28-29-30-31-33-35-37-39-42-45-48-51-63(68)75-54-60(66)55-77-82(71,72)78-56-61(67)57-79-83(73,74)80-59-62(81-65(70)53-50-47-44-41-36-21-18-15-12-9-6-3)58-76-64(69)52-49-46-43-40-38-34-32-25-23-20-17-14-11-8-5-2/h15-20,24-26,28-29,31-33,60-62,66-67H,4-14,21-23,27,30,34-59H2,1-3H3,(H,71,72)(H,73,74)/b18-15-,19-16-,20-17-,26-24-,29-28-,32-25-,33-31-. The highest BCUT2D eigenvalue weighted by Gasteiger charge is 2.29. The van der Waals surface area contributed by atoms with Crippen LogP contribution in [-0.4, -0.2) is 95.9 Å². The lowest BCUT2D eigenvalue weighted by Gasteiger charge is -2.21. The maximum atomic E-state index is 12.8. The van der Waals surface area contributed by atoms with Crippen molar-refractivity contribution in [2.75, 3.05) is 39.6 Å². The Morgan fingerprint density at radius 3 is 1.00 bits per heavy atom. The molecule has 0 heterocycles. The van der Waals surface area contributed by atoms with Crippen molar-refractivity contribution in [3.8, 4) is 0 Å². The number of esters is 3. The number of carbonyl (C=O) groups excluding carboxylic acids is 3. The minimum Gasteiger partial charge on any atom is -0.463 e. The fourth-order valence-electron chi connectivity index (χ4n) is 8.09. The molecule has 0 rings (SSSR count). The van der Waals surface area contributed by atoms with Gasteiger partial charge in [-0.25, -0.2) is 9.13 Å². The summed E-state index contributed by atoms with van der Waals surface area (Å²) in [5, 5.41) is 20.5. The van der Waals surface area contributed by atoms with Gasteiger partial charge in [0.05, 0.1) is 26.4 Å². The van der Waals surface area contributed by atoms with Gasteiger partial charge in [-0.15, -0.1) is 0 Å². The summed E-state index contributed by atoms with van der Waals surface area (Å²) in [6, 6.07) is 0. The minimum absolute atomic E-state index is 0.0906. The van der Waals surface area contributed by atoms with Gasteiger partial charge in [-0.3, -0.25) is 32.5 Å². The number of aliphatic hydroxyl groups excluding tert-OH is 2. The number of allylic oxidation sites excluding steroid dienone is 14. The van der Waals surface area contributed by atoms with Gasteiger partial charge in [0.1, 0.15) is 25.4 Å². The maximum absolute atomic E-state index is 12.8. The van der Waals surface area contributed by atoms with E-state index in [1.165, 1.54) is 57.8 Å². The molecule has 0 aromatic rings. The van der Waals surface area contributed by atoms with Gasteiger partial charge in [-0.1, -0.05) is 202 Å². The molecule has 5 atom stereocenters. The summed E-state index contributed by atoms with van der Waals surface area (Å²) in [6.45, 7) is 2.50. The predicted molar refractivity (Wildman–Crippen MR) is 334 cm³/mol. The van der Waals surface area contributed by atoms with Crippen molar-refractivity contribution in [2.24, 2.45) is 0 Å². The summed E-state index contributed by atoms with van der Waals surface area (Å²) in [6.07, 6.45) is 60.8. The van der Waals surface area contributed by atoms with E-state index in [0.29, 0.717) is 19.3 Å². The van der Waals surface area contributed by atoms with E-state index in [0.717, 1.165) is 135 Å². The molecule has 0 saturated heterocycles. The van der Waals surface area contributed by atoms with Crippen molar-refractivity contribution in [1.82, 2.24) is 0 Å². The zero-order valence-corrected chi connectivity index (χ0v) is 53.4. The van der Waals surface area contributed by atoms with E-state index in [-0.39, 0.29) is 19.3 Å². The second kappa shape index (κ2) is 59.1. The second-order valence-corrected chi connectivity index (χ2v) is 24.1. The van der Waals surface area contributed by atoms with E-state index < -0.39 is 91.5 Å². The van der Waals surface area contributed by atoms with Crippen LogP contribution in [0.2, 0.25) is 0 Å². The van der Waals surface area contributed by atoms with Crippen LogP contribution in [-0.2, 0) is 55.8 Å². The molecule has 0 bridgehead atoms. The molecule has 0 aliphatic rings. The Kier molecular flexibility index (Phi) is 56.8. The zero-order valence-electron chi connectivity index (χ0n) is 51.6. The van der Waals surface area contributed by atoms with Crippen LogP contribution in [0.25, 0.3) is 0 Å². The van der Waals surface area contributed by atoms with E-state index in [1.807, 2.05) is 0 Å². The predicted octanol–water partition coefficient (Wildman–Crippen LogP) is 17.0. The second-order valence-electron chi connectivity index (χ2n) is 21.2. The smallest absolute Gasteiger partial charge is 0.463 e. The SMILES string of the molecule is CCCC/C=C\CCCCCCCC(=O)OC(COC(=O)CCCCCCC/C=C\C/C=C\CCCCC)COP(=O)(O)OCC(O)COP(=O)(O)OCC(O)COC(=O)CCCCCCC/C=C\C/C=C\C/C=C\C/C=C\CCCCC. The molecule has 0 fully saturated rings. The molecule has 0 aromatic heterocycles. The number of phosphoric ester groups is 2. The first-order chi connectivity index (χ1) is 40.2. The Bertz CT molecular complexity index is 1860. The van der Waals surface area contributed by atoms with Gasteiger partial charge in [0.15, 0.2) is 6.10 Å². The molecule has 0 radical (unpaired) electrons. The number of ether oxygens (including phenoxy) is 3. The number of unbranched alkanes of at least 4 members (excludes halogenated alkanes) is 23. The molecule has 0 aliphatic carbocycles. The fourth-order valence-corrected chi connectivity index (χ4v) is 9.68. The number of aliphatic hydroxyl groups is 2. The third kappa shape index (κ3) is 60.2. The largest absolute Gasteiger partial charge is 0.472 e. The van der Waals surface area contributed by atoms with Crippen molar-refractivity contribution in [3.63, 3.8) is 0 Å². The maximum Gasteiger partial charge on any atom is 0.472 e. The van der Waals surface area contributed by atoms with Gasteiger partial charge in [-0.05, 0) is 116 Å². The molecule has 18 heteroatoms. The first-order valence-electron chi connectivity index (χ1n) is 31.9. The van der Waals surface area contributed by atoms with E-state index in [2.05, 4.69) is 106 Å². The van der Waals surface area contributed by atoms with Crippen LogP contribution in [0.15, 0.2) is 85.1 Å². The summed E-state index contributed by atoms with van der Waals surface area (Å²) < 4.78 is 60.6. The average Bonchev–Trinajstić information content (AvgIpc) is 3.46. The highest BCUT2D eigenvalue weighted by molar-refractivity contribution is 7.47. The Morgan fingerprint density at radius 1 is 0.337 bits per heavy atom. The molecule has 0 saturated carbocycles. The highest BCUT2D eigenvalue weighted by Crippen LogP contribution is 2.45. The Morgan fingerprint density at radius 2 is 0.614 bits per heavy atom. The number of phosphoric acid groups is 2. The van der Waals surface area contributed by atoms with Crippen LogP contribution in [0.5, 0.6) is 0 Å². The molecular formula is C65H114O16P2. The Hall–Kier alpha value is -3.27. The van der Waals surface area contributed by atoms with Crippen LogP contribution in [0.3, 0.4) is 0 Å². The quantitative estimate of drug-likeness (QED) is 0.0146. The molecule has 5 unspecified atom stereocenters. The molecule has 83 heavy (non-hydrogen) atoms. The van der Waals surface area contributed by atoms with Gasteiger partial charge < -0.3 is 34.2 Å². The average molecular weight is 1210 g/mol. The Balaban J connectivity index is 4.60. The van der Waals surface area contributed by atoms with Gasteiger partial charge in [0.25, 0.3) is 0 Å². The number of carbonyl (C=O) groups is 3. The number of hydrogen-bond acceptors (Lipinski definition) is 14. The van der Waals surface area contributed by atoms with Crippen molar-refractivity contribution < 1.29 is 75.8 Å². The molecule has 16 nitrogen and oxygen atoms in total. The lowest BCUT2D eigenvalue weighted by molar-refractivity contribution is -0.161. The lowest BCUT2D eigenvalue weighted by atomic mass is 10.1. The molecule has 0 spiro atoms. The summed E-state index contributed by atoms with van der Waals surface area (Å²) in [5.41, 5.74) is 0. The molecular weight excluding hydrogens is 1100 g/mol. The normalized spacial score (nSPS) is 14.9. The van der Waals surface area contributed by atoms with E-state index >= 15 is 0 Å². The number of rotatable bonds is 60. The third-order valence-corrected chi connectivity index (χ3v) is 15.0. The summed E-state index contributed by atoms with van der Waals surface area (Å²) in [4.78, 5) is 58.1. The van der Waals surface area contributed by atoms with Crippen molar-refractivity contribution in [1.29, 1.82) is 0 Å². The number of hydrogen-bond donors (Lipinski definition) is 4.